The van der Waals surface area contributed by atoms with Crippen molar-refractivity contribution >= 4 is 17.8 Å². The minimum absolute atomic E-state index is 0.00476. The van der Waals surface area contributed by atoms with Gasteiger partial charge in [0.15, 0.2) is 0 Å². The van der Waals surface area contributed by atoms with E-state index < -0.39 is 29.8 Å². The fraction of sp³-hybridized carbons (Fsp3) is 0.538. The Labute approximate surface area is 127 Å². The lowest BCUT2D eigenvalue weighted by molar-refractivity contribution is -0.168. The highest BCUT2D eigenvalue weighted by molar-refractivity contribution is 6.07. The molecule has 0 saturated heterocycles. The second-order valence-corrected chi connectivity index (χ2v) is 4.39. The van der Waals surface area contributed by atoms with Crippen LogP contribution in [-0.2, 0) is 30.3 Å². The summed E-state index contributed by atoms with van der Waals surface area (Å²) in [5, 5.41) is 11.9. The summed E-state index contributed by atoms with van der Waals surface area (Å²) in [6.07, 6.45) is 2.10. The highest BCUT2D eigenvalue weighted by atomic mass is 16.6. The summed E-state index contributed by atoms with van der Waals surface area (Å²) in [4.78, 5) is 39.9. The van der Waals surface area contributed by atoms with Gasteiger partial charge in [0.1, 0.15) is 5.82 Å². The van der Waals surface area contributed by atoms with Crippen molar-refractivity contribution in [2.45, 2.75) is 32.7 Å². The lowest BCUT2D eigenvalue weighted by Gasteiger charge is -2.29. The molecule has 122 valence electrons. The van der Waals surface area contributed by atoms with Crippen molar-refractivity contribution in [2.75, 3.05) is 13.2 Å². The smallest absolute Gasteiger partial charge is 0.344 e. The summed E-state index contributed by atoms with van der Waals surface area (Å²) >= 11 is 0. The zero-order valence-electron chi connectivity index (χ0n) is 12.7. The van der Waals surface area contributed by atoms with Crippen molar-refractivity contribution in [1.82, 2.24) is 15.0 Å². The van der Waals surface area contributed by atoms with Gasteiger partial charge < -0.3 is 20.0 Å². The highest BCUT2D eigenvalue weighted by Gasteiger charge is 2.51. The van der Waals surface area contributed by atoms with Crippen molar-refractivity contribution in [2.24, 2.45) is 0 Å². The zero-order chi connectivity index (χ0) is 16.8. The van der Waals surface area contributed by atoms with E-state index >= 15 is 0 Å². The van der Waals surface area contributed by atoms with Crippen LogP contribution in [0.1, 0.15) is 26.6 Å². The van der Waals surface area contributed by atoms with Crippen LogP contribution >= 0.6 is 0 Å². The van der Waals surface area contributed by atoms with Crippen molar-refractivity contribution in [3.63, 3.8) is 0 Å². The van der Waals surface area contributed by atoms with Crippen LogP contribution in [0, 0.1) is 0 Å². The van der Waals surface area contributed by atoms with Gasteiger partial charge in [0.25, 0.3) is 0 Å². The fourth-order valence-electron chi connectivity index (χ4n) is 1.87. The first-order valence-corrected chi connectivity index (χ1v) is 6.72. The van der Waals surface area contributed by atoms with Gasteiger partial charge in [-0.25, -0.2) is 14.6 Å². The van der Waals surface area contributed by atoms with E-state index in [0.29, 0.717) is 4.73 Å². The molecule has 9 heteroatoms. The van der Waals surface area contributed by atoms with E-state index in [1.165, 1.54) is 12.4 Å². The maximum absolute atomic E-state index is 12.3. The van der Waals surface area contributed by atoms with E-state index in [9.17, 15) is 19.6 Å². The summed E-state index contributed by atoms with van der Waals surface area (Å²) in [6.45, 7) is 4.29. The van der Waals surface area contributed by atoms with Crippen LogP contribution in [0.15, 0.2) is 12.4 Å². The maximum Gasteiger partial charge on any atom is 0.344 e. The standard InChI is InChI=1S/C13H19N3O6/c1-4-21-11(18)13(15-9(3)17,12(19)22-5-2)8-10-14-6-7-16(10)20/h6-7,20H,4-5,8H2,1-3H3,(H,15,17). The number of esters is 2. The molecule has 0 saturated carbocycles. The Morgan fingerprint density at radius 2 is 1.82 bits per heavy atom. The van der Waals surface area contributed by atoms with Gasteiger partial charge >= 0.3 is 11.9 Å². The average Bonchev–Trinajstić information content (AvgIpc) is 2.83. The van der Waals surface area contributed by atoms with Gasteiger partial charge in [-0.1, -0.05) is 0 Å². The summed E-state index contributed by atoms with van der Waals surface area (Å²) < 4.78 is 10.4. The molecule has 0 radical (unpaired) electrons. The molecule has 0 atom stereocenters. The first-order chi connectivity index (χ1) is 10.4. The van der Waals surface area contributed by atoms with Crippen molar-refractivity contribution in [3.05, 3.63) is 18.2 Å². The Balaban J connectivity index is 3.29. The number of carbonyl (C=O) groups is 3. The molecule has 0 unspecified atom stereocenters. The van der Waals surface area contributed by atoms with Gasteiger partial charge in [0.2, 0.25) is 11.4 Å². The molecule has 0 aliphatic heterocycles. The van der Waals surface area contributed by atoms with E-state index in [2.05, 4.69) is 10.3 Å². The molecule has 0 aromatic carbocycles. The number of rotatable bonds is 7. The Morgan fingerprint density at radius 3 is 2.18 bits per heavy atom. The molecule has 0 spiro atoms. The number of hydrogen-bond donors (Lipinski definition) is 2. The van der Waals surface area contributed by atoms with Gasteiger partial charge in [-0.3, -0.25) is 4.79 Å². The van der Waals surface area contributed by atoms with Crippen LogP contribution < -0.4 is 5.32 Å². The molecule has 0 bridgehead atoms. The predicted octanol–water partition coefficient (Wildman–Crippen LogP) is -0.336. The second kappa shape index (κ2) is 7.43. The van der Waals surface area contributed by atoms with Crippen molar-refractivity contribution in [3.8, 4) is 0 Å². The van der Waals surface area contributed by atoms with Gasteiger partial charge in [-0.05, 0) is 13.8 Å². The summed E-state index contributed by atoms with van der Waals surface area (Å²) in [5.74, 6) is -2.59. The summed E-state index contributed by atoms with van der Waals surface area (Å²) in [6, 6.07) is 0. The monoisotopic (exact) mass is 313 g/mol. The quantitative estimate of drug-likeness (QED) is 0.401. The molecule has 2 N–H and O–H groups in total. The Morgan fingerprint density at radius 1 is 1.27 bits per heavy atom. The molecule has 0 aliphatic rings. The Hall–Kier alpha value is -2.58. The number of imidazole rings is 1. The number of carbonyl (C=O) groups excluding carboxylic acids is 3. The topological polar surface area (TPSA) is 120 Å². The minimum atomic E-state index is -2.11. The van der Waals surface area contributed by atoms with Gasteiger partial charge in [-0.2, -0.15) is 4.73 Å². The molecule has 9 nitrogen and oxygen atoms in total. The highest BCUT2D eigenvalue weighted by Crippen LogP contribution is 2.17. The summed E-state index contributed by atoms with van der Waals surface area (Å²) in [5.41, 5.74) is -2.11. The molecule has 22 heavy (non-hydrogen) atoms. The van der Waals surface area contributed by atoms with Crippen LogP contribution in [0.4, 0.5) is 0 Å². The van der Waals surface area contributed by atoms with Crippen LogP contribution in [0.5, 0.6) is 0 Å². The predicted molar refractivity (Wildman–Crippen MR) is 72.9 cm³/mol. The van der Waals surface area contributed by atoms with Gasteiger partial charge in [0.05, 0.1) is 25.8 Å². The molecule has 1 heterocycles. The third-order valence-corrected chi connectivity index (χ3v) is 2.76. The molecule has 1 aromatic heterocycles. The number of ether oxygens (including phenoxy) is 2. The average molecular weight is 313 g/mol. The third-order valence-electron chi connectivity index (χ3n) is 2.76. The second-order valence-electron chi connectivity index (χ2n) is 4.39. The molecule has 0 fully saturated rings. The van der Waals surface area contributed by atoms with E-state index in [-0.39, 0.29) is 19.0 Å². The molecule has 0 aliphatic carbocycles. The van der Waals surface area contributed by atoms with Crippen LogP contribution in [-0.4, -0.2) is 51.5 Å². The normalized spacial score (nSPS) is 10.9. The largest absolute Gasteiger partial charge is 0.464 e. The third kappa shape index (κ3) is 3.74. The fourth-order valence-corrected chi connectivity index (χ4v) is 1.87. The Kier molecular flexibility index (Phi) is 5.90. The number of hydrogen-bond acceptors (Lipinski definition) is 7. The first kappa shape index (κ1) is 17.5. The lowest BCUT2D eigenvalue weighted by atomic mass is 9.94. The first-order valence-electron chi connectivity index (χ1n) is 6.72. The summed E-state index contributed by atoms with van der Waals surface area (Å²) in [7, 11) is 0. The van der Waals surface area contributed by atoms with Crippen molar-refractivity contribution in [1.29, 1.82) is 0 Å². The maximum atomic E-state index is 12.3. The van der Waals surface area contributed by atoms with E-state index in [1.54, 1.807) is 13.8 Å². The number of nitrogens with zero attached hydrogens (tertiary/aromatic N) is 2. The molecule has 1 amide bonds. The molecular formula is C13H19N3O6. The number of aromatic nitrogens is 2. The molecule has 1 rings (SSSR count). The van der Waals surface area contributed by atoms with E-state index in [1.807, 2.05) is 0 Å². The van der Waals surface area contributed by atoms with E-state index in [4.69, 9.17) is 9.47 Å². The molecule has 1 aromatic rings. The molecular weight excluding hydrogens is 294 g/mol. The minimum Gasteiger partial charge on any atom is -0.464 e. The van der Waals surface area contributed by atoms with Gasteiger partial charge in [-0.15, -0.1) is 0 Å². The van der Waals surface area contributed by atoms with Gasteiger partial charge in [0, 0.05) is 13.1 Å². The van der Waals surface area contributed by atoms with Crippen molar-refractivity contribution < 1.29 is 29.1 Å². The Bertz CT molecular complexity index is 536. The van der Waals surface area contributed by atoms with Crippen LogP contribution in [0.2, 0.25) is 0 Å². The van der Waals surface area contributed by atoms with Crippen LogP contribution in [0.25, 0.3) is 0 Å². The SMILES string of the molecule is CCOC(=O)C(Cc1nccn1O)(NC(C)=O)C(=O)OCC. The number of amides is 1. The van der Waals surface area contributed by atoms with Crippen LogP contribution in [0.3, 0.4) is 0 Å². The number of nitrogens with one attached hydrogen (secondary N) is 1. The van der Waals surface area contributed by atoms with E-state index in [0.717, 1.165) is 6.92 Å². The lowest BCUT2D eigenvalue weighted by Crippen LogP contribution is -2.62. The zero-order valence-corrected chi connectivity index (χ0v) is 12.7.